The van der Waals surface area contributed by atoms with Crippen molar-refractivity contribution in [2.75, 3.05) is 31.1 Å². The average Bonchev–Trinajstić information content (AvgIpc) is 2.80. The zero-order valence-electron chi connectivity index (χ0n) is 20.6. The fourth-order valence-corrected chi connectivity index (χ4v) is 4.47. The van der Waals surface area contributed by atoms with Gasteiger partial charge >= 0.3 is 6.18 Å². The second-order valence-electron chi connectivity index (χ2n) is 9.83. The molecule has 0 amide bonds. The van der Waals surface area contributed by atoms with E-state index in [9.17, 15) is 18.3 Å². The molecule has 0 spiro atoms. The minimum atomic E-state index is -4.37. The third kappa shape index (κ3) is 5.17. The molecule has 10 heteroatoms. The van der Waals surface area contributed by atoms with Crippen LogP contribution < -0.4 is 4.90 Å². The molecule has 2 atom stereocenters. The molecule has 2 unspecified atom stereocenters. The molecule has 35 heavy (non-hydrogen) atoms. The first-order valence-electron chi connectivity index (χ1n) is 11.7. The number of alkyl halides is 3. The van der Waals surface area contributed by atoms with Gasteiger partial charge in [-0.15, -0.1) is 10.2 Å². The summed E-state index contributed by atoms with van der Waals surface area (Å²) in [6, 6.07) is 4.93. The highest BCUT2D eigenvalue weighted by Gasteiger charge is 2.32. The zero-order chi connectivity index (χ0) is 25.5. The number of hydrogen-bond acceptors (Lipinski definition) is 7. The number of aliphatic hydroxyl groups is 1. The van der Waals surface area contributed by atoms with Gasteiger partial charge in [0.25, 0.3) is 0 Å². The highest BCUT2D eigenvalue weighted by atomic mass is 19.4. The Balaban J connectivity index is 1.48. The molecule has 1 fully saturated rings. The van der Waals surface area contributed by atoms with Crippen molar-refractivity contribution in [1.82, 2.24) is 15.1 Å². The Morgan fingerprint density at radius 1 is 1.00 bits per heavy atom. The standard InChI is InChI=1S/C25H31F3N6O/c1-15-14-33(10-11-34(15)21-13-29-20(12-30-21)24(4,5)35)23-17(3)16(2)22(31-32-23)18-6-8-19(9-7-18)25(26,27)28/h6-9,13,15,20,35H,10-12,14H2,1-5H3. The van der Waals surface area contributed by atoms with E-state index in [0.29, 0.717) is 17.8 Å². The maximum Gasteiger partial charge on any atom is 0.416 e. The van der Waals surface area contributed by atoms with Gasteiger partial charge in [-0.05, 0) is 57.9 Å². The van der Waals surface area contributed by atoms with Crippen LogP contribution in [0.25, 0.3) is 11.3 Å². The quantitative estimate of drug-likeness (QED) is 0.709. The van der Waals surface area contributed by atoms with Crippen molar-refractivity contribution in [3.8, 4) is 11.3 Å². The summed E-state index contributed by atoms with van der Waals surface area (Å²) >= 11 is 0. The molecule has 0 saturated carbocycles. The molecule has 3 heterocycles. The monoisotopic (exact) mass is 488 g/mol. The number of piperazine rings is 1. The second-order valence-corrected chi connectivity index (χ2v) is 9.83. The van der Waals surface area contributed by atoms with Gasteiger partial charge in [0.2, 0.25) is 0 Å². The molecule has 0 radical (unpaired) electrons. The van der Waals surface area contributed by atoms with E-state index in [1.807, 2.05) is 13.8 Å². The Morgan fingerprint density at radius 3 is 2.23 bits per heavy atom. The number of halogens is 3. The van der Waals surface area contributed by atoms with Crippen molar-refractivity contribution in [3.63, 3.8) is 0 Å². The minimum Gasteiger partial charge on any atom is -0.388 e. The van der Waals surface area contributed by atoms with Crippen LogP contribution in [0.3, 0.4) is 0 Å². The van der Waals surface area contributed by atoms with Gasteiger partial charge in [0.05, 0.1) is 35.7 Å². The van der Waals surface area contributed by atoms with E-state index < -0.39 is 17.3 Å². The van der Waals surface area contributed by atoms with E-state index in [0.717, 1.165) is 54.5 Å². The number of rotatable bonds is 3. The second kappa shape index (κ2) is 9.22. The Hall–Kier alpha value is -3.01. The van der Waals surface area contributed by atoms with Crippen LogP contribution in [-0.4, -0.2) is 76.1 Å². The summed E-state index contributed by atoms with van der Waals surface area (Å²) in [5.74, 6) is 1.61. The molecule has 7 nitrogen and oxygen atoms in total. The summed E-state index contributed by atoms with van der Waals surface area (Å²) in [6.07, 6.45) is -2.61. The van der Waals surface area contributed by atoms with Crippen LogP contribution in [0, 0.1) is 13.8 Å². The zero-order valence-corrected chi connectivity index (χ0v) is 20.6. The van der Waals surface area contributed by atoms with Crippen LogP contribution in [0.2, 0.25) is 0 Å². The maximum absolute atomic E-state index is 12.9. The van der Waals surface area contributed by atoms with Crippen LogP contribution in [0.4, 0.5) is 19.0 Å². The lowest BCUT2D eigenvalue weighted by molar-refractivity contribution is -0.137. The van der Waals surface area contributed by atoms with Crippen molar-refractivity contribution in [1.29, 1.82) is 0 Å². The van der Waals surface area contributed by atoms with E-state index >= 15 is 0 Å². The number of benzene rings is 1. The van der Waals surface area contributed by atoms with Crippen LogP contribution in [0.5, 0.6) is 0 Å². The van der Waals surface area contributed by atoms with E-state index in [4.69, 9.17) is 0 Å². The summed E-state index contributed by atoms with van der Waals surface area (Å²) in [5.41, 5.74) is 1.45. The van der Waals surface area contributed by atoms with Crippen molar-refractivity contribution < 1.29 is 18.3 Å². The largest absolute Gasteiger partial charge is 0.416 e. The molecule has 2 aliphatic rings. The van der Waals surface area contributed by atoms with E-state index in [2.05, 4.69) is 36.9 Å². The third-order valence-corrected chi connectivity index (χ3v) is 6.82. The fraction of sp³-hybridized carbons (Fsp3) is 0.520. The first-order chi connectivity index (χ1) is 16.4. The summed E-state index contributed by atoms with van der Waals surface area (Å²) in [7, 11) is 0. The van der Waals surface area contributed by atoms with Crippen molar-refractivity contribution in [2.24, 2.45) is 9.98 Å². The first-order valence-corrected chi connectivity index (χ1v) is 11.7. The number of nitrogens with zero attached hydrogens (tertiary/aromatic N) is 6. The van der Waals surface area contributed by atoms with Gasteiger partial charge < -0.3 is 14.9 Å². The normalized spacial score (nSPS) is 21.3. The molecule has 4 rings (SSSR count). The molecule has 1 saturated heterocycles. The number of anilines is 1. The van der Waals surface area contributed by atoms with E-state index in [1.54, 1.807) is 20.1 Å². The topological polar surface area (TPSA) is 77.2 Å². The fourth-order valence-electron chi connectivity index (χ4n) is 4.47. The third-order valence-electron chi connectivity index (χ3n) is 6.82. The lowest BCUT2D eigenvalue weighted by Gasteiger charge is -2.42. The van der Waals surface area contributed by atoms with Crippen LogP contribution in [0.1, 0.15) is 37.5 Å². The van der Waals surface area contributed by atoms with Gasteiger partial charge in [0, 0.05) is 31.2 Å². The van der Waals surface area contributed by atoms with Gasteiger partial charge in [-0.1, -0.05) is 12.1 Å². The van der Waals surface area contributed by atoms with E-state index in [-0.39, 0.29) is 12.1 Å². The molecule has 1 aromatic heterocycles. The minimum absolute atomic E-state index is 0.156. The Morgan fingerprint density at radius 2 is 1.69 bits per heavy atom. The van der Waals surface area contributed by atoms with Crippen molar-refractivity contribution in [3.05, 3.63) is 41.0 Å². The van der Waals surface area contributed by atoms with Gasteiger partial charge in [-0.2, -0.15) is 13.2 Å². The van der Waals surface area contributed by atoms with Crippen LogP contribution in [-0.2, 0) is 6.18 Å². The van der Waals surface area contributed by atoms with Gasteiger partial charge in [0.15, 0.2) is 5.82 Å². The first kappa shape index (κ1) is 25.1. The molecule has 1 aromatic carbocycles. The lowest BCUT2D eigenvalue weighted by Crippen LogP contribution is -2.55. The molecule has 2 aliphatic heterocycles. The molecule has 188 valence electrons. The molecule has 2 aromatic rings. The Kier molecular flexibility index (Phi) is 6.61. The molecule has 0 aliphatic carbocycles. The maximum atomic E-state index is 12.9. The van der Waals surface area contributed by atoms with Crippen LogP contribution >= 0.6 is 0 Å². The number of amidine groups is 1. The van der Waals surface area contributed by atoms with Crippen molar-refractivity contribution >= 4 is 17.9 Å². The predicted octanol–water partition coefficient (Wildman–Crippen LogP) is 3.91. The summed E-state index contributed by atoms with van der Waals surface area (Å²) in [5, 5.41) is 19.0. The highest BCUT2D eigenvalue weighted by Crippen LogP contribution is 2.33. The molecular formula is C25H31F3N6O. The Labute approximate surface area is 203 Å². The Bertz CT molecular complexity index is 1140. The number of aromatic nitrogens is 2. The van der Waals surface area contributed by atoms with Gasteiger partial charge in [0.1, 0.15) is 5.84 Å². The van der Waals surface area contributed by atoms with Gasteiger partial charge in [-0.25, -0.2) is 0 Å². The predicted molar refractivity (Wildman–Crippen MR) is 131 cm³/mol. The van der Waals surface area contributed by atoms with E-state index in [1.165, 1.54) is 12.1 Å². The lowest BCUT2D eigenvalue weighted by atomic mass is 9.99. The summed E-state index contributed by atoms with van der Waals surface area (Å²) in [6.45, 7) is 12.1. The molecule has 1 N–H and O–H groups in total. The molecular weight excluding hydrogens is 457 g/mol. The number of aliphatic imine (C=N–C) groups is 2. The van der Waals surface area contributed by atoms with Crippen molar-refractivity contribution in [2.45, 2.75) is 58.5 Å². The SMILES string of the molecule is Cc1c(-c2ccc(C(F)(F)F)cc2)nnc(N2CCN(C3=NCC(C(C)(C)O)N=C3)C(C)C2)c1C. The molecule has 0 bridgehead atoms. The average molecular weight is 489 g/mol. The number of hydrogen-bond donors (Lipinski definition) is 1. The summed E-state index contributed by atoms with van der Waals surface area (Å²) < 4.78 is 38.7. The van der Waals surface area contributed by atoms with Gasteiger partial charge in [-0.3, -0.25) is 9.98 Å². The summed E-state index contributed by atoms with van der Waals surface area (Å²) in [4.78, 5) is 13.6. The highest BCUT2D eigenvalue weighted by molar-refractivity contribution is 6.29. The smallest absolute Gasteiger partial charge is 0.388 e. The van der Waals surface area contributed by atoms with Crippen LogP contribution in [0.15, 0.2) is 34.3 Å².